The molecule has 8 nitrogen and oxygen atoms in total. The number of nitrogens with zero attached hydrogens (tertiary/aromatic N) is 1. The average Bonchev–Trinajstić information content (AvgIpc) is 3.47. The Morgan fingerprint density at radius 1 is 1.00 bits per heavy atom. The topological polar surface area (TPSA) is 103 Å². The third-order valence-corrected chi connectivity index (χ3v) is 6.90. The zero-order valence-electron chi connectivity index (χ0n) is 22.1. The van der Waals surface area contributed by atoms with Crippen molar-refractivity contribution >= 4 is 29.3 Å². The Morgan fingerprint density at radius 3 is 2.46 bits per heavy atom. The van der Waals surface area contributed by atoms with Gasteiger partial charge in [-0.05, 0) is 62.2 Å². The van der Waals surface area contributed by atoms with E-state index in [9.17, 15) is 9.59 Å². The largest absolute Gasteiger partial charge is 0.496 e. The minimum absolute atomic E-state index is 0.430. The number of thioether (sulfide) groups is 1. The van der Waals surface area contributed by atoms with Crippen molar-refractivity contribution in [3.05, 3.63) is 91.0 Å². The molecule has 0 aliphatic rings. The van der Waals surface area contributed by atoms with Gasteiger partial charge in [-0.1, -0.05) is 30.3 Å². The lowest BCUT2D eigenvalue weighted by molar-refractivity contribution is -0.137. The number of carbonyl (C=O) groups is 2. The van der Waals surface area contributed by atoms with Crippen molar-refractivity contribution < 1.29 is 23.5 Å². The maximum atomic E-state index is 12.6. The normalized spacial score (nSPS) is 11.1. The van der Waals surface area contributed by atoms with Gasteiger partial charge in [0, 0.05) is 27.9 Å². The molecule has 0 saturated heterocycles. The summed E-state index contributed by atoms with van der Waals surface area (Å²) in [4.78, 5) is 30.2. The number of hydrogen-bond donors (Lipinski definition) is 2. The van der Waals surface area contributed by atoms with E-state index in [1.165, 1.54) is 13.5 Å². The molecule has 0 fully saturated rings. The van der Waals surface area contributed by atoms with Gasteiger partial charge in [0.15, 0.2) is 12.2 Å². The van der Waals surface area contributed by atoms with Gasteiger partial charge in [0.05, 0.1) is 18.9 Å². The Kier molecular flexibility index (Phi) is 9.27. The lowest BCUT2D eigenvalue weighted by Crippen LogP contribution is -2.48. The standard InChI is InChI=1S/C30H31N3O5S/c1-30(2,15-16-39-24-12-10-23(11-13-24)37-19-21-7-5-4-6-8-21)33-29(35)28(34)32-22-9-14-25(26(17-22)36-3)27-18-31-20-38-27/h4-14,17-18,20H,15-16,19H2,1-3H3,(H,32,34)(H,33,35). The number of methoxy groups -OCH3 is 1. The molecule has 9 heteroatoms. The Morgan fingerprint density at radius 2 is 1.77 bits per heavy atom. The fraction of sp³-hybridized carbons (Fsp3) is 0.233. The van der Waals surface area contributed by atoms with E-state index in [-0.39, 0.29) is 0 Å². The SMILES string of the molecule is COc1cc(NC(=O)C(=O)NC(C)(C)CCSc2ccc(OCc3ccccc3)cc2)ccc1-c1cnco1. The molecule has 0 bridgehead atoms. The van der Waals surface area contributed by atoms with E-state index in [0.717, 1.165) is 22.0 Å². The molecule has 0 aliphatic carbocycles. The predicted molar refractivity (Wildman–Crippen MR) is 152 cm³/mol. The van der Waals surface area contributed by atoms with Crippen LogP contribution in [0.15, 0.2) is 94.7 Å². The molecule has 4 rings (SSSR count). The summed E-state index contributed by atoms with van der Waals surface area (Å²) in [5.41, 5.74) is 1.66. The number of benzene rings is 3. The molecule has 202 valence electrons. The summed E-state index contributed by atoms with van der Waals surface area (Å²) in [6.07, 6.45) is 3.57. The Balaban J connectivity index is 1.23. The van der Waals surface area contributed by atoms with Gasteiger partial charge in [0.2, 0.25) is 0 Å². The van der Waals surface area contributed by atoms with Gasteiger partial charge >= 0.3 is 11.8 Å². The number of amides is 2. The highest BCUT2D eigenvalue weighted by Crippen LogP contribution is 2.32. The van der Waals surface area contributed by atoms with Crippen molar-refractivity contribution in [2.75, 3.05) is 18.2 Å². The van der Waals surface area contributed by atoms with Crippen LogP contribution in [0.2, 0.25) is 0 Å². The van der Waals surface area contributed by atoms with Gasteiger partial charge in [0.1, 0.15) is 18.1 Å². The zero-order chi connectivity index (χ0) is 27.7. The fourth-order valence-electron chi connectivity index (χ4n) is 3.73. The Hall–Kier alpha value is -4.24. The maximum Gasteiger partial charge on any atom is 0.313 e. The summed E-state index contributed by atoms with van der Waals surface area (Å²) in [6.45, 7) is 4.32. The van der Waals surface area contributed by atoms with E-state index in [4.69, 9.17) is 13.9 Å². The first-order valence-corrected chi connectivity index (χ1v) is 13.4. The van der Waals surface area contributed by atoms with Gasteiger partial charge in [-0.3, -0.25) is 9.59 Å². The predicted octanol–water partition coefficient (Wildman–Crippen LogP) is 5.94. The van der Waals surface area contributed by atoms with E-state index in [2.05, 4.69) is 15.6 Å². The quantitative estimate of drug-likeness (QED) is 0.177. The van der Waals surface area contributed by atoms with Gasteiger partial charge in [-0.15, -0.1) is 11.8 Å². The van der Waals surface area contributed by atoms with Crippen LogP contribution in [0.3, 0.4) is 0 Å². The number of oxazole rings is 1. The third-order valence-electron chi connectivity index (χ3n) is 5.88. The molecule has 3 aromatic carbocycles. The molecule has 0 atom stereocenters. The number of rotatable bonds is 11. The van der Waals surface area contributed by atoms with Crippen LogP contribution in [0, 0.1) is 0 Å². The molecule has 4 aromatic rings. The minimum Gasteiger partial charge on any atom is -0.496 e. The van der Waals surface area contributed by atoms with Crippen LogP contribution < -0.4 is 20.1 Å². The number of hydrogen-bond acceptors (Lipinski definition) is 7. The summed E-state index contributed by atoms with van der Waals surface area (Å²) >= 11 is 1.68. The van der Waals surface area contributed by atoms with Crippen molar-refractivity contribution in [1.29, 1.82) is 0 Å². The average molecular weight is 546 g/mol. The molecule has 0 aliphatic heterocycles. The summed E-state index contributed by atoms with van der Waals surface area (Å²) in [6, 6.07) is 23.0. The first-order chi connectivity index (χ1) is 18.8. The van der Waals surface area contributed by atoms with Crippen molar-refractivity contribution in [2.45, 2.75) is 37.3 Å². The van der Waals surface area contributed by atoms with Crippen LogP contribution in [0.25, 0.3) is 11.3 Å². The van der Waals surface area contributed by atoms with Gasteiger partial charge in [-0.25, -0.2) is 4.98 Å². The molecule has 0 spiro atoms. The molecule has 2 N–H and O–H groups in total. The van der Waals surface area contributed by atoms with E-state index < -0.39 is 17.4 Å². The van der Waals surface area contributed by atoms with E-state index in [0.29, 0.717) is 35.8 Å². The summed E-state index contributed by atoms with van der Waals surface area (Å²) < 4.78 is 16.6. The lowest BCUT2D eigenvalue weighted by atomic mass is 10.0. The lowest BCUT2D eigenvalue weighted by Gasteiger charge is -2.25. The second-order valence-electron chi connectivity index (χ2n) is 9.42. The number of ether oxygens (including phenoxy) is 2. The molecule has 0 saturated carbocycles. The van der Waals surface area contributed by atoms with Crippen molar-refractivity contribution in [3.63, 3.8) is 0 Å². The first kappa shape index (κ1) is 27.8. The molecule has 1 heterocycles. The maximum absolute atomic E-state index is 12.6. The summed E-state index contributed by atoms with van der Waals surface area (Å²) in [5, 5.41) is 5.45. The van der Waals surface area contributed by atoms with Crippen molar-refractivity contribution in [3.8, 4) is 22.8 Å². The Bertz CT molecular complexity index is 1370. The van der Waals surface area contributed by atoms with Crippen LogP contribution in [-0.2, 0) is 16.2 Å². The third kappa shape index (κ3) is 8.12. The first-order valence-electron chi connectivity index (χ1n) is 12.4. The molecule has 39 heavy (non-hydrogen) atoms. The number of nitrogens with one attached hydrogen (secondary N) is 2. The van der Waals surface area contributed by atoms with Crippen LogP contribution in [-0.4, -0.2) is 35.2 Å². The van der Waals surface area contributed by atoms with Crippen molar-refractivity contribution in [2.24, 2.45) is 0 Å². The van der Waals surface area contributed by atoms with Gasteiger partial charge < -0.3 is 24.5 Å². The fourth-order valence-corrected chi connectivity index (χ4v) is 4.91. The molecule has 0 radical (unpaired) electrons. The van der Waals surface area contributed by atoms with Crippen LogP contribution >= 0.6 is 11.8 Å². The summed E-state index contributed by atoms with van der Waals surface area (Å²) in [7, 11) is 1.52. The Labute approximate surface area is 232 Å². The second kappa shape index (κ2) is 13.0. The van der Waals surface area contributed by atoms with Crippen molar-refractivity contribution in [1.82, 2.24) is 10.3 Å². The summed E-state index contributed by atoms with van der Waals surface area (Å²) in [5.74, 6) is 1.14. The highest BCUT2D eigenvalue weighted by molar-refractivity contribution is 7.99. The van der Waals surface area contributed by atoms with Gasteiger partial charge in [-0.2, -0.15) is 0 Å². The minimum atomic E-state index is -0.753. The number of carbonyl (C=O) groups excluding carboxylic acids is 2. The molecular formula is C30H31N3O5S. The van der Waals surface area contributed by atoms with Crippen LogP contribution in [0.4, 0.5) is 5.69 Å². The zero-order valence-corrected chi connectivity index (χ0v) is 22.9. The monoisotopic (exact) mass is 545 g/mol. The molecule has 2 amide bonds. The molecular weight excluding hydrogens is 514 g/mol. The molecule has 1 aromatic heterocycles. The number of anilines is 1. The van der Waals surface area contributed by atoms with E-state index >= 15 is 0 Å². The molecule has 0 unspecified atom stereocenters. The van der Waals surface area contributed by atoms with E-state index in [1.807, 2.05) is 68.4 Å². The smallest absolute Gasteiger partial charge is 0.313 e. The highest BCUT2D eigenvalue weighted by Gasteiger charge is 2.24. The van der Waals surface area contributed by atoms with Crippen LogP contribution in [0.5, 0.6) is 11.5 Å². The van der Waals surface area contributed by atoms with E-state index in [1.54, 1.807) is 36.2 Å². The second-order valence-corrected chi connectivity index (χ2v) is 10.6. The van der Waals surface area contributed by atoms with Gasteiger partial charge in [0.25, 0.3) is 0 Å². The van der Waals surface area contributed by atoms with Crippen LogP contribution in [0.1, 0.15) is 25.8 Å². The number of aromatic nitrogens is 1. The highest BCUT2D eigenvalue weighted by atomic mass is 32.2.